The number of para-hydroxylation sites is 1. The van der Waals surface area contributed by atoms with Gasteiger partial charge in [-0.2, -0.15) is 4.72 Å². The smallest absolute Gasteiger partial charge is 0.324 e. The molecule has 26 heavy (non-hydrogen) atoms. The number of hydrogen-bond acceptors (Lipinski definition) is 4. The van der Waals surface area contributed by atoms with Gasteiger partial charge in [-0.25, -0.2) is 8.42 Å². The van der Waals surface area contributed by atoms with E-state index in [9.17, 15) is 13.2 Å². The van der Waals surface area contributed by atoms with Crippen LogP contribution in [0.5, 0.6) is 0 Å². The van der Waals surface area contributed by atoms with Crippen molar-refractivity contribution >= 4 is 42.8 Å². The van der Waals surface area contributed by atoms with Crippen LogP contribution in [0.3, 0.4) is 0 Å². The van der Waals surface area contributed by atoms with Crippen LogP contribution in [0.25, 0.3) is 10.9 Å². The van der Waals surface area contributed by atoms with Gasteiger partial charge in [0.25, 0.3) is 0 Å². The maximum atomic E-state index is 12.7. The molecule has 3 rings (SSSR count). The van der Waals surface area contributed by atoms with Gasteiger partial charge in [-0.1, -0.05) is 30.3 Å². The molecule has 0 bridgehead atoms. The van der Waals surface area contributed by atoms with Crippen molar-refractivity contribution in [2.24, 2.45) is 0 Å². The lowest BCUT2D eigenvalue weighted by molar-refractivity contribution is -0.142. The molecule has 2 N–H and O–H groups in total. The van der Waals surface area contributed by atoms with Gasteiger partial charge in [0.1, 0.15) is 6.04 Å². The number of fused-ring (bicyclic) bond motifs is 1. The van der Waals surface area contributed by atoms with Crippen molar-refractivity contribution in [1.82, 2.24) is 9.71 Å². The lowest BCUT2D eigenvalue weighted by Crippen LogP contribution is -2.43. The van der Waals surface area contributed by atoms with Crippen LogP contribution in [0.4, 0.5) is 0 Å². The summed E-state index contributed by atoms with van der Waals surface area (Å²) in [5.74, 6) is -0.647. The van der Waals surface area contributed by atoms with E-state index < -0.39 is 22.0 Å². The van der Waals surface area contributed by atoms with Crippen LogP contribution in [0, 0.1) is 0 Å². The molecule has 0 radical (unpaired) electrons. The summed E-state index contributed by atoms with van der Waals surface area (Å²) in [4.78, 5) is 15.4. The zero-order valence-electron chi connectivity index (χ0n) is 13.9. The highest BCUT2D eigenvalue weighted by atomic mass is 79.9. The molecule has 0 fully saturated rings. The summed E-state index contributed by atoms with van der Waals surface area (Å²) in [5.41, 5.74) is 1.74. The third-order valence-electron chi connectivity index (χ3n) is 4.01. The molecule has 136 valence electrons. The second kappa shape index (κ2) is 7.61. The maximum Gasteiger partial charge on any atom is 0.324 e. The van der Waals surface area contributed by atoms with E-state index in [0.717, 1.165) is 16.5 Å². The molecule has 2 aromatic carbocycles. The van der Waals surface area contributed by atoms with E-state index in [4.69, 9.17) is 4.74 Å². The number of esters is 1. The Balaban J connectivity index is 1.92. The molecular weight excluding hydrogens is 420 g/mol. The van der Waals surface area contributed by atoms with Gasteiger partial charge in [-0.15, -0.1) is 0 Å². The lowest BCUT2D eigenvalue weighted by atomic mass is 10.1. The van der Waals surface area contributed by atoms with Crippen molar-refractivity contribution in [3.63, 3.8) is 0 Å². The molecule has 0 saturated heterocycles. The highest BCUT2D eigenvalue weighted by Gasteiger charge is 2.28. The molecule has 0 aliphatic carbocycles. The number of aromatic amines is 1. The zero-order chi connectivity index (χ0) is 18.7. The summed E-state index contributed by atoms with van der Waals surface area (Å²) in [6.45, 7) is 0. The number of methoxy groups -OCH3 is 1. The molecule has 0 amide bonds. The number of hydrogen-bond donors (Lipinski definition) is 2. The lowest BCUT2D eigenvalue weighted by Gasteiger charge is -2.17. The third kappa shape index (κ3) is 3.82. The van der Waals surface area contributed by atoms with Crippen molar-refractivity contribution < 1.29 is 17.9 Å². The number of halogens is 1. The Morgan fingerprint density at radius 1 is 1.19 bits per heavy atom. The monoisotopic (exact) mass is 436 g/mol. The molecule has 0 unspecified atom stereocenters. The van der Waals surface area contributed by atoms with E-state index >= 15 is 0 Å². The largest absolute Gasteiger partial charge is 0.468 e. The molecule has 1 aromatic heterocycles. The number of carbonyl (C=O) groups is 1. The summed E-state index contributed by atoms with van der Waals surface area (Å²) in [6.07, 6.45) is 1.94. The predicted octanol–water partition coefficient (Wildman–Crippen LogP) is 2.99. The molecular formula is C18H17BrN2O4S. The number of aromatic nitrogens is 1. The first-order chi connectivity index (χ1) is 12.4. The average Bonchev–Trinajstić information content (AvgIpc) is 3.03. The summed E-state index contributed by atoms with van der Waals surface area (Å²) in [7, 11) is -2.68. The molecule has 6 nitrogen and oxygen atoms in total. The average molecular weight is 437 g/mol. The Morgan fingerprint density at radius 2 is 1.88 bits per heavy atom. The fourth-order valence-corrected chi connectivity index (χ4v) is 4.94. The van der Waals surface area contributed by atoms with Crippen molar-refractivity contribution in [2.45, 2.75) is 17.4 Å². The van der Waals surface area contributed by atoms with E-state index in [1.807, 2.05) is 24.3 Å². The standard InChI is InChI=1S/C18H17BrN2O4S/c1-25-18(22)16(10-12-11-20-15-8-4-2-6-13(12)15)21-26(23,24)17-9-5-3-7-14(17)19/h2-9,11,16,20-21H,10H2,1H3/t16-/m0/s1. The normalized spacial score (nSPS) is 12.8. The van der Waals surface area contributed by atoms with Gasteiger partial charge >= 0.3 is 5.97 Å². The number of sulfonamides is 1. The van der Waals surface area contributed by atoms with E-state index in [-0.39, 0.29) is 11.3 Å². The van der Waals surface area contributed by atoms with Gasteiger partial charge in [-0.05, 0) is 39.7 Å². The summed E-state index contributed by atoms with van der Waals surface area (Å²) < 4.78 is 33.1. The topological polar surface area (TPSA) is 88.3 Å². The van der Waals surface area contributed by atoms with E-state index in [0.29, 0.717) is 4.47 Å². The third-order valence-corrected chi connectivity index (χ3v) is 6.49. The number of nitrogens with one attached hydrogen (secondary N) is 2. The molecule has 0 spiro atoms. The molecule has 0 aliphatic heterocycles. The first kappa shape index (κ1) is 18.6. The Kier molecular flexibility index (Phi) is 5.45. The van der Waals surface area contributed by atoms with Gasteiger partial charge in [-0.3, -0.25) is 4.79 Å². The Morgan fingerprint density at radius 3 is 2.62 bits per heavy atom. The molecule has 8 heteroatoms. The summed E-state index contributed by atoms with van der Waals surface area (Å²) in [6, 6.07) is 13.0. The van der Waals surface area contributed by atoms with Crippen LogP contribution in [-0.2, 0) is 26.0 Å². The minimum atomic E-state index is -3.91. The summed E-state index contributed by atoms with van der Waals surface area (Å²) >= 11 is 3.23. The van der Waals surface area contributed by atoms with Crippen LogP contribution < -0.4 is 4.72 Å². The highest BCUT2D eigenvalue weighted by Crippen LogP contribution is 2.23. The van der Waals surface area contributed by atoms with E-state index in [2.05, 4.69) is 25.6 Å². The Bertz CT molecular complexity index is 1050. The predicted molar refractivity (Wildman–Crippen MR) is 102 cm³/mol. The van der Waals surface area contributed by atoms with Crippen LogP contribution in [0.2, 0.25) is 0 Å². The number of ether oxygens (including phenoxy) is 1. The quantitative estimate of drug-likeness (QED) is 0.581. The van der Waals surface area contributed by atoms with E-state index in [1.54, 1.807) is 24.4 Å². The van der Waals surface area contributed by atoms with Gasteiger partial charge in [0.15, 0.2) is 0 Å². The van der Waals surface area contributed by atoms with Crippen LogP contribution in [0.1, 0.15) is 5.56 Å². The van der Waals surface area contributed by atoms with Gasteiger partial charge in [0.05, 0.1) is 12.0 Å². The van der Waals surface area contributed by atoms with Crippen molar-refractivity contribution in [2.75, 3.05) is 7.11 Å². The fourth-order valence-electron chi connectivity index (χ4n) is 2.75. The first-order valence-corrected chi connectivity index (χ1v) is 10.1. The highest BCUT2D eigenvalue weighted by molar-refractivity contribution is 9.10. The summed E-state index contributed by atoms with van der Waals surface area (Å²) in [5, 5.41) is 0.932. The molecule has 0 saturated carbocycles. The Hall–Kier alpha value is -2.16. The Labute approximate surface area is 159 Å². The minimum absolute atomic E-state index is 0.0628. The SMILES string of the molecule is COC(=O)[C@H](Cc1c[nH]c2ccccc12)NS(=O)(=O)c1ccccc1Br. The van der Waals surface area contributed by atoms with Gasteiger partial charge < -0.3 is 9.72 Å². The van der Waals surface area contributed by atoms with Gasteiger partial charge in [0.2, 0.25) is 10.0 Å². The maximum absolute atomic E-state index is 12.7. The number of H-pyrrole nitrogens is 1. The fraction of sp³-hybridized carbons (Fsp3) is 0.167. The van der Waals surface area contributed by atoms with Crippen LogP contribution in [0.15, 0.2) is 64.1 Å². The zero-order valence-corrected chi connectivity index (χ0v) is 16.3. The van der Waals surface area contributed by atoms with E-state index in [1.165, 1.54) is 13.2 Å². The van der Waals surface area contributed by atoms with Crippen molar-refractivity contribution in [3.05, 3.63) is 64.8 Å². The molecule has 3 aromatic rings. The van der Waals surface area contributed by atoms with Crippen LogP contribution >= 0.6 is 15.9 Å². The van der Waals surface area contributed by atoms with Gasteiger partial charge in [0, 0.05) is 28.0 Å². The number of rotatable bonds is 6. The number of carbonyl (C=O) groups excluding carboxylic acids is 1. The minimum Gasteiger partial charge on any atom is -0.468 e. The second-order valence-electron chi connectivity index (χ2n) is 5.69. The van der Waals surface area contributed by atoms with Crippen molar-refractivity contribution in [1.29, 1.82) is 0 Å². The number of benzene rings is 2. The molecule has 0 aliphatic rings. The van der Waals surface area contributed by atoms with Crippen LogP contribution in [-0.4, -0.2) is 32.5 Å². The first-order valence-electron chi connectivity index (χ1n) is 7.82. The second-order valence-corrected chi connectivity index (χ2v) is 8.23. The molecule has 1 atom stereocenters. The molecule has 1 heterocycles. The van der Waals surface area contributed by atoms with Crippen molar-refractivity contribution in [3.8, 4) is 0 Å².